The third-order valence-electron chi connectivity index (χ3n) is 23.3. The second-order valence-electron chi connectivity index (χ2n) is 28.8. The molecule has 2 nitrogen and oxygen atoms in total. The minimum atomic E-state index is -0.608. The summed E-state index contributed by atoms with van der Waals surface area (Å²) in [6, 6.07) is 144. The Morgan fingerprint density at radius 2 is 0.471 bits per heavy atom. The molecule has 16 aromatic rings. The van der Waals surface area contributed by atoms with Gasteiger partial charge in [-0.3, -0.25) is 0 Å². The Kier molecular flexibility index (Phi) is 14.0. The van der Waals surface area contributed by atoms with Gasteiger partial charge in [0.2, 0.25) is 0 Å². The van der Waals surface area contributed by atoms with Crippen LogP contribution in [0.15, 0.2) is 382 Å². The van der Waals surface area contributed by atoms with E-state index < -0.39 is 16.2 Å². The zero-order chi connectivity index (χ0) is 69.3. The van der Waals surface area contributed by atoms with Crippen molar-refractivity contribution in [2.45, 2.75) is 37.0 Å². The van der Waals surface area contributed by atoms with Crippen LogP contribution in [0, 0.1) is 20.8 Å². The van der Waals surface area contributed by atoms with Gasteiger partial charge < -0.3 is 9.80 Å². The highest BCUT2D eigenvalue weighted by molar-refractivity contribution is 5.98. The number of benzene rings is 16. The molecule has 0 saturated heterocycles. The van der Waals surface area contributed by atoms with Crippen LogP contribution in [0.5, 0.6) is 0 Å². The summed E-state index contributed by atoms with van der Waals surface area (Å²) in [5.41, 5.74) is 38.7. The lowest BCUT2D eigenvalue weighted by Crippen LogP contribution is -2.29. The van der Waals surface area contributed by atoms with E-state index in [0.717, 1.165) is 45.3 Å². The molecule has 0 radical (unpaired) electrons. The van der Waals surface area contributed by atoms with Gasteiger partial charge in [-0.25, -0.2) is 0 Å². The molecule has 1 spiro atoms. The number of nitrogens with zero attached hydrogens (tertiary/aromatic N) is 2. The van der Waals surface area contributed by atoms with Crippen LogP contribution in [0.1, 0.15) is 83.5 Å². The molecule has 104 heavy (non-hydrogen) atoms. The van der Waals surface area contributed by atoms with Gasteiger partial charge in [-0.05, 0) is 233 Å². The maximum absolute atomic E-state index is 2.54. The summed E-state index contributed by atoms with van der Waals surface area (Å²) in [5, 5.41) is 0. The van der Waals surface area contributed by atoms with Crippen LogP contribution in [0.4, 0.5) is 34.1 Å². The zero-order valence-corrected chi connectivity index (χ0v) is 58.3. The highest BCUT2D eigenvalue weighted by atomic mass is 15.1. The summed E-state index contributed by atoms with van der Waals surface area (Å²) < 4.78 is 0. The Hall–Kier alpha value is -12.9. The number of aryl methyl sites for hydroxylation is 3. The van der Waals surface area contributed by atoms with Crippen molar-refractivity contribution in [3.8, 4) is 66.8 Å². The van der Waals surface area contributed by atoms with Gasteiger partial charge in [0.25, 0.3) is 0 Å². The second kappa shape index (κ2) is 23.9. The van der Waals surface area contributed by atoms with Gasteiger partial charge in [0.1, 0.15) is 0 Å². The van der Waals surface area contributed by atoms with E-state index >= 15 is 0 Å². The SMILES string of the molecule is Cc1ccc2c(c1)C(c1ccccc1)(c1ccccc1)c1cc(N(c3ccc(-c4ccc(N(c5cccc(-c6ccccc6)c5)c5ccc6c(c5)C5(c7ccccc7-c7ccccc75)c5ccccc5-6)cc4)c(C)c3)c3ccc4c(c3)C(c3ccccc3)(c3ccccc3)c3cc(C)ccc3-4)ccc1-2. The van der Waals surface area contributed by atoms with Crippen molar-refractivity contribution in [3.05, 3.63) is 466 Å². The first-order valence-corrected chi connectivity index (χ1v) is 36.4. The predicted octanol–water partition coefficient (Wildman–Crippen LogP) is 26.0. The lowest BCUT2D eigenvalue weighted by atomic mass is 9.67. The van der Waals surface area contributed by atoms with E-state index in [1.54, 1.807) is 0 Å². The summed E-state index contributed by atoms with van der Waals surface area (Å²) in [7, 11) is 0. The second-order valence-corrected chi connectivity index (χ2v) is 28.8. The van der Waals surface area contributed by atoms with Crippen LogP contribution in [-0.2, 0) is 16.2 Å². The first-order chi connectivity index (χ1) is 51.3. The Bertz CT molecular complexity index is 5740. The first-order valence-electron chi connectivity index (χ1n) is 36.4. The van der Waals surface area contributed by atoms with Crippen LogP contribution in [0.3, 0.4) is 0 Å². The van der Waals surface area contributed by atoms with Gasteiger partial charge in [0.05, 0.1) is 16.2 Å². The third kappa shape index (κ3) is 8.95. The monoisotopic (exact) mass is 1320 g/mol. The van der Waals surface area contributed by atoms with Crippen LogP contribution < -0.4 is 9.80 Å². The highest BCUT2D eigenvalue weighted by Gasteiger charge is 2.53. The number of hydrogen-bond acceptors (Lipinski definition) is 2. The molecule has 0 bridgehead atoms. The minimum Gasteiger partial charge on any atom is -0.310 e. The van der Waals surface area contributed by atoms with E-state index in [1.165, 1.54) is 139 Å². The van der Waals surface area contributed by atoms with E-state index in [1.807, 2.05) is 0 Å². The van der Waals surface area contributed by atoms with Gasteiger partial charge in [-0.2, -0.15) is 0 Å². The van der Waals surface area contributed by atoms with Crippen LogP contribution >= 0.6 is 0 Å². The fourth-order valence-electron chi connectivity index (χ4n) is 18.9. The molecular formula is C102H72N2. The predicted molar refractivity (Wildman–Crippen MR) is 432 cm³/mol. The topological polar surface area (TPSA) is 6.48 Å². The molecule has 490 valence electrons. The van der Waals surface area contributed by atoms with Crippen molar-refractivity contribution in [2.75, 3.05) is 9.80 Å². The highest BCUT2D eigenvalue weighted by Crippen LogP contribution is 2.65. The molecule has 20 rings (SSSR count). The van der Waals surface area contributed by atoms with Crippen molar-refractivity contribution in [2.24, 2.45) is 0 Å². The maximum Gasteiger partial charge on any atom is 0.0726 e. The zero-order valence-electron chi connectivity index (χ0n) is 58.3. The third-order valence-corrected chi connectivity index (χ3v) is 23.3. The molecule has 4 aliphatic carbocycles. The fourth-order valence-corrected chi connectivity index (χ4v) is 18.9. The normalized spacial score (nSPS) is 13.8. The van der Waals surface area contributed by atoms with Crippen molar-refractivity contribution in [1.29, 1.82) is 0 Å². The van der Waals surface area contributed by atoms with Gasteiger partial charge in [-0.15, -0.1) is 0 Å². The fraction of sp³-hybridized carbons (Fsp3) is 0.0588. The number of hydrogen-bond donors (Lipinski definition) is 0. The van der Waals surface area contributed by atoms with Crippen LogP contribution in [0.2, 0.25) is 0 Å². The van der Waals surface area contributed by atoms with Crippen LogP contribution in [-0.4, -0.2) is 0 Å². The molecule has 0 aliphatic heterocycles. The van der Waals surface area contributed by atoms with E-state index in [-0.39, 0.29) is 0 Å². The lowest BCUT2D eigenvalue weighted by molar-refractivity contribution is 0.766. The molecule has 0 atom stereocenters. The maximum atomic E-state index is 2.54. The Balaban J connectivity index is 0.757. The quantitative estimate of drug-likeness (QED) is 0.120. The van der Waals surface area contributed by atoms with Crippen molar-refractivity contribution < 1.29 is 0 Å². The summed E-state index contributed by atoms with van der Waals surface area (Å²) in [6.45, 7) is 6.75. The summed E-state index contributed by atoms with van der Waals surface area (Å²) >= 11 is 0. The number of rotatable bonds is 12. The first kappa shape index (κ1) is 61.0. The molecule has 0 unspecified atom stereocenters. The molecule has 2 heteroatoms. The minimum absolute atomic E-state index is 0.489. The van der Waals surface area contributed by atoms with E-state index in [4.69, 9.17) is 0 Å². The van der Waals surface area contributed by atoms with Crippen molar-refractivity contribution in [3.63, 3.8) is 0 Å². The van der Waals surface area contributed by atoms with Crippen LogP contribution in [0.25, 0.3) is 66.8 Å². The number of fused-ring (bicyclic) bond motifs is 16. The average molecular weight is 1330 g/mol. The number of anilines is 6. The van der Waals surface area contributed by atoms with E-state index in [9.17, 15) is 0 Å². The van der Waals surface area contributed by atoms with E-state index in [0.29, 0.717) is 0 Å². The standard InChI is InChI=1S/C102H72N2/c1-67-44-54-87-90-58-52-81(64-97(90)100(95(87)60-67,73-29-11-5-12-30-73)74-31-13-6-14-32-74)104(82-53-59-91-88-55-45-68(2)61-96(88)101(98(91)65-82,75-33-15-7-16-34-75)76-35-17-8-18-36-76)79-50-56-83(69(3)62-79)71-46-48-77(49-47-71)103(78-37-25-28-72(63-78)70-26-9-4-10-27-70)80-51-57-89-86-40-21-24-43-94(86)102(99(89)66-80)92-41-22-19-38-84(92)85-39-20-23-42-93(85)102/h4-66H,1-3H3. The van der Waals surface area contributed by atoms with Crippen molar-refractivity contribution >= 4 is 34.1 Å². The van der Waals surface area contributed by atoms with Gasteiger partial charge >= 0.3 is 0 Å². The summed E-state index contributed by atoms with van der Waals surface area (Å²) in [5.74, 6) is 0. The van der Waals surface area contributed by atoms with Crippen molar-refractivity contribution in [1.82, 2.24) is 0 Å². The largest absolute Gasteiger partial charge is 0.310 e. The van der Waals surface area contributed by atoms with Gasteiger partial charge in [0, 0.05) is 34.1 Å². The lowest BCUT2D eigenvalue weighted by Gasteiger charge is -2.36. The molecule has 0 fully saturated rings. The molecule has 0 saturated carbocycles. The molecule has 4 aliphatic rings. The molecule has 0 amide bonds. The Morgan fingerprint density at radius 3 is 0.885 bits per heavy atom. The Labute approximate surface area is 609 Å². The summed E-state index contributed by atoms with van der Waals surface area (Å²) in [6.07, 6.45) is 0. The van der Waals surface area contributed by atoms with Gasteiger partial charge in [-0.1, -0.05) is 321 Å². The molecule has 0 N–H and O–H groups in total. The Morgan fingerprint density at radius 1 is 0.173 bits per heavy atom. The van der Waals surface area contributed by atoms with Gasteiger partial charge in [0.15, 0.2) is 0 Å². The molecule has 16 aromatic carbocycles. The summed E-state index contributed by atoms with van der Waals surface area (Å²) in [4.78, 5) is 5.00. The molecular weight excluding hydrogens is 1250 g/mol. The smallest absolute Gasteiger partial charge is 0.0726 e. The van der Waals surface area contributed by atoms with E-state index in [2.05, 4.69) is 413 Å². The average Bonchev–Trinajstić information content (AvgIpc) is 1.51. The molecule has 0 aromatic heterocycles. The molecule has 0 heterocycles.